The number of nitrogens with one attached hydrogen (secondary N) is 4. The number of fused-ring (bicyclic) bond motifs is 18. The van der Waals surface area contributed by atoms with Crippen molar-refractivity contribution >= 4 is 228 Å². The Labute approximate surface area is 791 Å². The summed E-state index contributed by atoms with van der Waals surface area (Å²) in [5, 5.41) is 30.0. The highest BCUT2D eigenvalue weighted by Gasteiger charge is 2.34. The third-order valence-electron chi connectivity index (χ3n) is 31.2. The van der Waals surface area contributed by atoms with Crippen molar-refractivity contribution in [3.63, 3.8) is 0 Å². The average molecular weight is 1760 g/mol. The monoisotopic (exact) mass is 1760 g/mol. The minimum absolute atomic E-state index is 0.227. The number of benzene rings is 16. The van der Waals surface area contributed by atoms with Crippen LogP contribution in [0.1, 0.15) is 211 Å². The van der Waals surface area contributed by atoms with Crippen molar-refractivity contribution in [2.75, 3.05) is 0 Å². The fourth-order valence-corrected chi connectivity index (χ4v) is 23.5. The van der Waals surface area contributed by atoms with Gasteiger partial charge in [-0.1, -0.05) is 324 Å². The molecule has 0 atom stereocenters. The van der Waals surface area contributed by atoms with E-state index in [0.717, 1.165) is 197 Å². The number of hydrogen-bond donors (Lipinski definition) is 4. The summed E-state index contributed by atoms with van der Waals surface area (Å²) < 4.78 is 0. The Morgan fingerprint density at radius 1 is 0.169 bits per heavy atom. The molecule has 0 radical (unpaired) electrons. The van der Waals surface area contributed by atoms with E-state index in [9.17, 15) is 0 Å². The molecule has 10 aromatic heterocycles. The van der Waals surface area contributed by atoms with Gasteiger partial charge in [-0.05, 0) is 269 Å². The van der Waals surface area contributed by atoms with Crippen molar-refractivity contribution in [3.8, 4) is 44.5 Å². The van der Waals surface area contributed by atoms with Gasteiger partial charge >= 0.3 is 0 Å². The first-order valence-electron chi connectivity index (χ1n) is 49.0. The molecule has 0 fully saturated rings. The highest BCUT2D eigenvalue weighted by molar-refractivity contribution is 6.44. The normalized spacial score (nSPS) is 13.7. The molecule has 0 aliphatic carbocycles. The van der Waals surface area contributed by atoms with Crippen LogP contribution in [0.2, 0.25) is 0 Å². The summed E-state index contributed by atoms with van der Waals surface area (Å²) in [6.45, 7) is 56.6. The first-order valence-corrected chi connectivity index (χ1v) is 49.0. The molecule has 0 saturated carbocycles. The molecule has 136 heavy (non-hydrogen) atoms. The lowest BCUT2D eigenvalue weighted by Crippen LogP contribution is -2.16. The van der Waals surface area contributed by atoms with Crippen LogP contribution in [0.25, 0.3) is 273 Å². The van der Waals surface area contributed by atoms with Gasteiger partial charge in [0.15, 0.2) is 0 Å². The van der Waals surface area contributed by atoms with Crippen molar-refractivity contribution < 1.29 is 0 Å². The third-order valence-corrected chi connectivity index (χ3v) is 31.2. The number of aromatic amines is 4. The lowest BCUT2D eigenvalue weighted by molar-refractivity contribution is 0.568. The quantitative estimate of drug-likeness (QED) is 0.104. The zero-order chi connectivity index (χ0) is 94.0. The Hall–Kier alpha value is -14.1. The maximum absolute atomic E-state index is 6.52. The maximum Gasteiger partial charge on any atom is 0.0818 e. The predicted molar refractivity (Wildman–Crippen MR) is 588 cm³/mol. The first kappa shape index (κ1) is 82.6. The molecule has 0 unspecified atom stereocenters. The van der Waals surface area contributed by atoms with E-state index in [0.29, 0.717) is 0 Å². The molecule has 4 N–H and O–H groups in total. The Balaban J connectivity index is 0.954. The van der Waals surface area contributed by atoms with Gasteiger partial charge in [0.25, 0.3) is 0 Å². The molecule has 0 aliphatic rings. The first-order chi connectivity index (χ1) is 64.4. The van der Waals surface area contributed by atoms with E-state index in [1.807, 2.05) is 0 Å². The zero-order valence-electron chi connectivity index (χ0n) is 82.7. The van der Waals surface area contributed by atoms with Gasteiger partial charge in [-0.15, -0.1) is 0 Å². The highest BCUT2D eigenvalue weighted by Crippen LogP contribution is 2.55. The number of nitrogens with zero attached hydrogens (tertiary/aromatic N) is 4. The summed E-state index contributed by atoms with van der Waals surface area (Å²) >= 11 is 0. The van der Waals surface area contributed by atoms with E-state index in [1.54, 1.807) is 0 Å². The minimum Gasteiger partial charge on any atom is -0.354 e. The predicted octanol–water partition coefficient (Wildman–Crippen LogP) is 36.2. The van der Waals surface area contributed by atoms with Gasteiger partial charge in [0.1, 0.15) is 0 Å². The van der Waals surface area contributed by atoms with E-state index in [-0.39, 0.29) is 43.3 Å². The molecule has 0 saturated heterocycles. The fourth-order valence-electron chi connectivity index (χ4n) is 23.5. The lowest BCUT2D eigenvalue weighted by atomic mass is 9.79. The van der Waals surface area contributed by atoms with Gasteiger partial charge in [0.2, 0.25) is 0 Å². The Kier molecular flexibility index (Phi) is 16.4. The molecule has 666 valence electrons. The molecule has 16 aromatic carbocycles. The van der Waals surface area contributed by atoms with Gasteiger partial charge in [-0.25, -0.2) is 19.9 Å². The minimum atomic E-state index is -0.236. The molecule has 8 nitrogen and oxygen atoms in total. The van der Waals surface area contributed by atoms with Crippen LogP contribution < -0.4 is 0 Å². The van der Waals surface area contributed by atoms with Gasteiger partial charge < -0.3 is 19.9 Å². The molecule has 16 bridgehead atoms. The molecule has 26 rings (SSSR count). The third kappa shape index (κ3) is 12.0. The lowest BCUT2D eigenvalue weighted by Gasteiger charge is -2.26. The highest BCUT2D eigenvalue weighted by atomic mass is 14.8. The molecule has 8 heteroatoms. The van der Waals surface area contributed by atoms with Crippen LogP contribution in [0, 0.1) is 0 Å². The number of aromatic nitrogens is 8. The van der Waals surface area contributed by atoms with E-state index in [1.165, 1.54) is 120 Å². The van der Waals surface area contributed by atoms with E-state index in [4.69, 9.17) is 19.9 Å². The van der Waals surface area contributed by atoms with Crippen molar-refractivity contribution in [1.82, 2.24) is 39.9 Å². The summed E-state index contributed by atoms with van der Waals surface area (Å²) in [7, 11) is 0. The molecular weight excluding hydrogens is 1650 g/mol. The summed E-state index contributed by atoms with van der Waals surface area (Å²) in [5.74, 6) is 0. The Morgan fingerprint density at radius 2 is 0.419 bits per heavy atom. The van der Waals surface area contributed by atoms with Gasteiger partial charge in [-0.2, -0.15) is 0 Å². The van der Waals surface area contributed by atoms with Crippen molar-refractivity contribution in [2.24, 2.45) is 0 Å². The summed E-state index contributed by atoms with van der Waals surface area (Å²) in [5.41, 5.74) is 31.3. The van der Waals surface area contributed by atoms with Crippen molar-refractivity contribution in [3.05, 3.63) is 275 Å². The second-order valence-corrected chi connectivity index (χ2v) is 48.6. The van der Waals surface area contributed by atoms with Crippen LogP contribution >= 0.6 is 0 Å². The Morgan fingerprint density at radius 3 is 0.713 bits per heavy atom. The van der Waals surface area contributed by atoms with Gasteiger partial charge in [0, 0.05) is 109 Å². The van der Waals surface area contributed by atoms with Crippen LogP contribution in [0.3, 0.4) is 0 Å². The second kappa shape index (κ2) is 27.0. The van der Waals surface area contributed by atoms with E-state index >= 15 is 0 Å². The van der Waals surface area contributed by atoms with Crippen molar-refractivity contribution in [1.29, 1.82) is 0 Å². The largest absolute Gasteiger partial charge is 0.354 e. The van der Waals surface area contributed by atoms with Gasteiger partial charge in [0.05, 0.1) is 55.2 Å². The molecule has 0 aliphatic heterocycles. The molecule has 0 amide bonds. The van der Waals surface area contributed by atoms with E-state index < -0.39 is 0 Å². The molecule has 0 spiro atoms. The van der Waals surface area contributed by atoms with Crippen LogP contribution in [-0.2, 0) is 43.3 Å². The number of H-pyrrole nitrogens is 4. The number of rotatable bonds is 4. The number of hydrogen-bond acceptors (Lipinski definition) is 4. The average Bonchev–Trinajstić information content (AvgIpc) is 1.40. The maximum atomic E-state index is 6.52. The summed E-state index contributed by atoms with van der Waals surface area (Å²) in [6.07, 6.45) is 0. The van der Waals surface area contributed by atoms with Crippen molar-refractivity contribution in [2.45, 2.75) is 209 Å². The fraction of sp³-hybridized carbons (Fsp3) is 0.250. The zero-order valence-corrected chi connectivity index (χ0v) is 82.7. The standard InChI is InChI=1S/C128H114N8/c1-121(2,3)73-43-69(44-74(53-73)122(4,5)6)103-91-39-41-93(129-91)111-81-37-35-65-33-31-63-27-25-29-67-51-83(109(81)107(65)101(63)67)85-57-97(131-115(85)111)106(72-49-79(127(19,20)21)56-80(50-72)128(22,23)24)100-62-90-88-60-96-104(70-45-75(123(7,8)9)54-76(46-70)124(10,11)12)92-40-42-94(130-92)112-82-38-36-66-34-32-64-28-26-30-68-52-84(110(82)108(66)102(64)68)86-58-98(132-116(86)112)105(71-47-77(125(13,14)15)55-78(48-71)126(16,17)18)99-61-89-87-59-95(103)133-117(87)113(120(90)136-100)114(118(88)134-96)119(89)135-99/h25-62,129-130,135-136H,1-24H3. The van der Waals surface area contributed by atoms with Crippen LogP contribution in [-0.4, -0.2) is 39.9 Å². The van der Waals surface area contributed by atoms with Crippen LogP contribution in [0.5, 0.6) is 0 Å². The second-order valence-electron chi connectivity index (χ2n) is 48.6. The van der Waals surface area contributed by atoms with Crippen LogP contribution in [0.4, 0.5) is 0 Å². The van der Waals surface area contributed by atoms with Crippen LogP contribution in [0.15, 0.2) is 231 Å². The summed E-state index contributed by atoms with van der Waals surface area (Å²) in [4.78, 5) is 43.6. The molecule has 26 aromatic rings. The van der Waals surface area contributed by atoms with E-state index in [2.05, 4.69) is 417 Å². The molecule has 10 heterocycles. The topological polar surface area (TPSA) is 115 Å². The molecular formula is C128H114N8. The summed E-state index contributed by atoms with van der Waals surface area (Å²) in [6, 6.07) is 91.1. The smallest absolute Gasteiger partial charge is 0.0818 e. The van der Waals surface area contributed by atoms with Gasteiger partial charge in [-0.3, -0.25) is 0 Å². The SMILES string of the molecule is CC(C)(C)c1cc(-c2c3cc4c5cc6[nH]c5c5c7nc(cc7c7cc([nH]c7c5c4n3)c(-c3cc(C(C)(C)C)cc(C(C)(C)C)c3)c3cc4c5cc7cccc8ccc9ccc(c(c%10ccc2[nH]%10)c4n3)c5c9c87)c(-c2cc(C(C)(C)C)cc(C(C)(C)C)c2)c2ccc([nH]2)c2c3ccc4ccc5cccc7cc(c8cc(nc82)c6-c2cc(C(C)(C)C)cc(C(C)(C)C)c2)c3c4c57)cc(C(C)(C)C)c1. The Bertz CT molecular complexity index is 9170.